The summed E-state index contributed by atoms with van der Waals surface area (Å²) >= 11 is 0. The molecule has 2 N–H and O–H groups in total. The highest BCUT2D eigenvalue weighted by atomic mass is 19.1. The molecule has 0 radical (unpaired) electrons. The Morgan fingerprint density at radius 2 is 2.05 bits per heavy atom. The lowest BCUT2D eigenvalue weighted by atomic mass is 10.0. The van der Waals surface area contributed by atoms with E-state index in [1.54, 1.807) is 0 Å². The average molecular weight is 298 g/mol. The van der Waals surface area contributed by atoms with Crippen LogP contribution in [-0.4, -0.2) is 42.2 Å². The van der Waals surface area contributed by atoms with Crippen LogP contribution in [0.15, 0.2) is 18.2 Å². The van der Waals surface area contributed by atoms with Crippen LogP contribution in [0.5, 0.6) is 0 Å². The van der Waals surface area contributed by atoms with Gasteiger partial charge in [0.2, 0.25) is 0 Å². The summed E-state index contributed by atoms with van der Waals surface area (Å²) in [4.78, 5) is 2.44. The molecule has 1 unspecified atom stereocenters. The quantitative estimate of drug-likeness (QED) is 0.847. The van der Waals surface area contributed by atoms with Crippen molar-refractivity contribution in [3.05, 3.63) is 35.4 Å². The minimum absolute atomic E-state index is 0.146. The molecule has 1 fully saturated rings. The first-order valence-electron chi connectivity index (χ1n) is 7.69. The Labute approximate surface area is 125 Å². The standard InChI is InChI=1S/C16H24F2N2O/c1-2-7-20-8-5-13(6-9-20)19-11-16(21)14-4-3-12(17)10-15(14)18/h3-4,10,13,16,19,21H,2,5-9,11H2,1H3. The fraction of sp³-hybridized carbons (Fsp3) is 0.625. The number of hydrogen-bond donors (Lipinski definition) is 2. The van der Waals surface area contributed by atoms with Crippen molar-refractivity contribution in [1.29, 1.82) is 0 Å². The first-order valence-corrected chi connectivity index (χ1v) is 7.69. The van der Waals surface area contributed by atoms with Crippen molar-refractivity contribution in [1.82, 2.24) is 10.2 Å². The van der Waals surface area contributed by atoms with Gasteiger partial charge in [0.05, 0.1) is 6.10 Å². The van der Waals surface area contributed by atoms with Crippen molar-refractivity contribution < 1.29 is 13.9 Å². The highest BCUT2D eigenvalue weighted by molar-refractivity contribution is 5.21. The van der Waals surface area contributed by atoms with Gasteiger partial charge in [0.1, 0.15) is 11.6 Å². The smallest absolute Gasteiger partial charge is 0.131 e. The lowest BCUT2D eigenvalue weighted by Crippen LogP contribution is -2.43. The van der Waals surface area contributed by atoms with Crippen molar-refractivity contribution in [2.75, 3.05) is 26.2 Å². The molecule has 1 aromatic rings. The van der Waals surface area contributed by atoms with E-state index in [0.717, 1.165) is 38.5 Å². The predicted molar refractivity (Wildman–Crippen MR) is 79.1 cm³/mol. The molecule has 0 bridgehead atoms. The zero-order valence-electron chi connectivity index (χ0n) is 12.5. The van der Waals surface area contributed by atoms with Crippen molar-refractivity contribution >= 4 is 0 Å². The minimum atomic E-state index is -0.945. The molecule has 0 aliphatic carbocycles. The minimum Gasteiger partial charge on any atom is -0.387 e. The number of halogens is 2. The predicted octanol–water partition coefficient (Wildman–Crippen LogP) is 2.46. The number of piperidine rings is 1. The number of hydrogen-bond acceptors (Lipinski definition) is 3. The van der Waals surface area contributed by atoms with E-state index >= 15 is 0 Å². The Kier molecular flexibility index (Phi) is 6.08. The second kappa shape index (κ2) is 7.82. The number of benzene rings is 1. The number of nitrogens with one attached hydrogen (secondary N) is 1. The summed E-state index contributed by atoms with van der Waals surface area (Å²) in [5.41, 5.74) is 0.146. The molecule has 118 valence electrons. The van der Waals surface area contributed by atoms with Crippen LogP contribution < -0.4 is 5.32 Å². The van der Waals surface area contributed by atoms with E-state index in [1.165, 1.54) is 18.6 Å². The maximum Gasteiger partial charge on any atom is 0.131 e. The Morgan fingerprint density at radius 3 is 2.67 bits per heavy atom. The van der Waals surface area contributed by atoms with E-state index in [1.807, 2.05) is 0 Å². The van der Waals surface area contributed by atoms with Gasteiger partial charge in [0.25, 0.3) is 0 Å². The van der Waals surface area contributed by atoms with Crippen LogP contribution in [0.4, 0.5) is 8.78 Å². The largest absolute Gasteiger partial charge is 0.387 e. The molecule has 5 heteroatoms. The average Bonchev–Trinajstić information content (AvgIpc) is 2.46. The van der Waals surface area contributed by atoms with Gasteiger partial charge in [-0.25, -0.2) is 8.78 Å². The summed E-state index contributed by atoms with van der Waals surface area (Å²) in [6.45, 7) is 5.73. The van der Waals surface area contributed by atoms with Crippen LogP contribution in [0, 0.1) is 11.6 Å². The zero-order valence-corrected chi connectivity index (χ0v) is 12.5. The fourth-order valence-corrected chi connectivity index (χ4v) is 2.84. The molecule has 1 aromatic carbocycles. The Hall–Kier alpha value is -1.04. The molecular weight excluding hydrogens is 274 g/mol. The third-order valence-corrected chi connectivity index (χ3v) is 4.05. The molecule has 0 aromatic heterocycles. The number of likely N-dealkylation sites (tertiary alicyclic amines) is 1. The summed E-state index contributed by atoms with van der Waals surface area (Å²) in [6.07, 6.45) is 2.30. The van der Waals surface area contributed by atoms with Gasteiger partial charge in [-0.3, -0.25) is 0 Å². The number of aliphatic hydroxyl groups excluding tert-OH is 1. The maximum absolute atomic E-state index is 13.6. The summed E-state index contributed by atoms with van der Waals surface area (Å²) in [5.74, 6) is -1.32. The Morgan fingerprint density at radius 1 is 1.33 bits per heavy atom. The molecule has 1 atom stereocenters. The summed E-state index contributed by atoms with van der Waals surface area (Å²) < 4.78 is 26.4. The molecule has 0 amide bonds. The van der Waals surface area contributed by atoms with Gasteiger partial charge < -0.3 is 15.3 Å². The van der Waals surface area contributed by atoms with E-state index in [2.05, 4.69) is 17.1 Å². The summed E-state index contributed by atoms with van der Waals surface area (Å²) in [7, 11) is 0. The monoisotopic (exact) mass is 298 g/mol. The van der Waals surface area contributed by atoms with Gasteiger partial charge in [-0.05, 0) is 45.0 Å². The lowest BCUT2D eigenvalue weighted by molar-refractivity contribution is 0.148. The van der Waals surface area contributed by atoms with Gasteiger partial charge in [0.15, 0.2) is 0 Å². The fourth-order valence-electron chi connectivity index (χ4n) is 2.84. The van der Waals surface area contributed by atoms with Crippen molar-refractivity contribution in [2.45, 2.75) is 38.3 Å². The van der Waals surface area contributed by atoms with Crippen molar-refractivity contribution in [2.24, 2.45) is 0 Å². The van der Waals surface area contributed by atoms with Gasteiger partial charge in [-0.1, -0.05) is 13.0 Å². The topological polar surface area (TPSA) is 35.5 Å². The second-order valence-corrected chi connectivity index (χ2v) is 5.71. The third-order valence-electron chi connectivity index (χ3n) is 4.05. The number of rotatable bonds is 6. The van der Waals surface area contributed by atoms with Crippen molar-refractivity contribution in [3.8, 4) is 0 Å². The lowest BCUT2D eigenvalue weighted by Gasteiger charge is -2.32. The molecule has 3 nitrogen and oxygen atoms in total. The molecule has 21 heavy (non-hydrogen) atoms. The zero-order chi connectivity index (χ0) is 15.2. The highest BCUT2D eigenvalue weighted by Crippen LogP contribution is 2.18. The first-order chi connectivity index (χ1) is 10.1. The SMILES string of the molecule is CCCN1CCC(NCC(O)c2ccc(F)cc2F)CC1. The van der Waals surface area contributed by atoms with Crippen LogP contribution in [0.25, 0.3) is 0 Å². The van der Waals surface area contributed by atoms with Gasteiger partial charge >= 0.3 is 0 Å². The van der Waals surface area contributed by atoms with Crippen molar-refractivity contribution in [3.63, 3.8) is 0 Å². The van der Waals surface area contributed by atoms with E-state index in [0.29, 0.717) is 12.6 Å². The molecule has 0 saturated carbocycles. The Bertz CT molecular complexity index is 448. The van der Waals surface area contributed by atoms with Gasteiger partial charge in [0, 0.05) is 24.2 Å². The molecular formula is C16H24F2N2O. The van der Waals surface area contributed by atoms with Crippen LogP contribution in [0.1, 0.15) is 37.9 Å². The molecule has 0 spiro atoms. The summed E-state index contributed by atoms with van der Waals surface area (Å²) in [5, 5.41) is 13.3. The van der Waals surface area contributed by atoms with Gasteiger partial charge in [-0.2, -0.15) is 0 Å². The summed E-state index contributed by atoms with van der Waals surface area (Å²) in [6, 6.07) is 3.64. The van der Waals surface area contributed by atoms with Crippen LogP contribution >= 0.6 is 0 Å². The van der Waals surface area contributed by atoms with Crippen LogP contribution in [-0.2, 0) is 0 Å². The third kappa shape index (κ3) is 4.73. The van der Waals surface area contributed by atoms with Crippen LogP contribution in [0.2, 0.25) is 0 Å². The highest BCUT2D eigenvalue weighted by Gasteiger charge is 2.20. The molecule has 1 saturated heterocycles. The second-order valence-electron chi connectivity index (χ2n) is 5.71. The molecule has 1 heterocycles. The Balaban J connectivity index is 1.78. The molecule has 1 aliphatic rings. The van der Waals surface area contributed by atoms with Gasteiger partial charge in [-0.15, -0.1) is 0 Å². The molecule has 1 aliphatic heterocycles. The number of nitrogens with zero attached hydrogens (tertiary/aromatic N) is 1. The maximum atomic E-state index is 13.6. The number of aliphatic hydroxyl groups is 1. The van der Waals surface area contributed by atoms with E-state index in [-0.39, 0.29) is 5.56 Å². The van der Waals surface area contributed by atoms with Crippen LogP contribution in [0.3, 0.4) is 0 Å². The van der Waals surface area contributed by atoms with E-state index in [9.17, 15) is 13.9 Å². The molecule has 2 rings (SSSR count). The first kappa shape index (κ1) is 16.3. The van der Waals surface area contributed by atoms with E-state index in [4.69, 9.17) is 0 Å². The van der Waals surface area contributed by atoms with E-state index < -0.39 is 17.7 Å². The normalized spacial score (nSPS) is 18.9.